The lowest BCUT2D eigenvalue weighted by atomic mass is 10.2. The van der Waals surface area contributed by atoms with Crippen LogP contribution in [0, 0.1) is 11.3 Å². The van der Waals surface area contributed by atoms with E-state index in [0.717, 1.165) is 0 Å². The highest BCUT2D eigenvalue weighted by molar-refractivity contribution is 7.95. The van der Waals surface area contributed by atoms with Gasteiger partial charge in [-0.1, -0.05) is 24.3 Å². The van der Waals surface area contributed by atoms with Gasteiger partial charge < -0.3 is 9.47 Å². The zero-order valence-corrected chi connectivity index (χ0v) is 12.2. The summed E-state index contributed by atoms with van der Waals surface area (Å²) >= 11 is 0. The van der Waals surface area contributed by atoms with Crippen molar-refractivity contribution in [1.29, 1.82) is 5.26 Å². The fourth-order valence-electron chi connectivity index (χ4n) is 2.05. The molecule has 0 saturated carbocycles. The van der Waals surface area contributed by atoms with Gasteiger partial charge in [-0.05, 0) is 35.9 Å². The fraction of sp³-hybridized carbons (Fsp3) is 0.0625. The Hall–Kier alpha value is -2.78. The summed E-state index contributed by atoms with van der Waals surface area (Å²) in [6.07, 6.45) is 1.32. The summed E-state index contributed by atoms with van der Waals surface area (Å²) in [4.78, 5) is -0.235. The highest BCUT2D eigenvalue weighted by Crippen LogP contribution is 2.33. The number of ether oxygens (including phenoxy) is 2. The second-order valence-electron chi connectivity index (χ2n) is 4.55. The molecule has 5 nitrogen and oxygen atoms in total. The topological polar surface area (TPSA) is 76.4 Å². The molecule has 0 saturated heterocycles. The molecule has 2 aromatic rings. The van der Waals surface area contributed by atoms with Gasteiger partial charge in [0.1, 0.15) is 11.0 Å². The van der Waals surface area contributed by atoms with Crippen molar-refractivity contribution in [2.24, 2.45) is 0 Å². The monoisotopic (exact) mass is 313 g/mol. The lowest BCUT2D eigenvalue weighted by Crippen LogP contribution is -2.03. The van der Waals surface area contributed by atoms with Crippen molar-refractivity contribution in [2.75, 3.05) is 6.79 Å². The van der Waals surface area contributed by atoms with E-state index in [1.165, 1.54) is 18.2 Å². The van der Waals surface area contributed by atoms with Crippen LogP contribution in [0.3, 0.4) is 0 Å². The molecule has 2 aromatic carbocycles. The van der Waals surface area contributed by atoms with E-state index in [4.69, 9.17) is 9.47 Å². The van der Waals surface area contributed by atoms with Gasteiger partial charge in [0.05, 0.1) is 4.90 Å². The minimum absolute atomic E-state index is 0.0866. The summed E-state index contributed by atoms with van der Waals surface area (Å²) in [6.45, 7) is 0.135. The van der Waals surface area contributed by atoms with Crippen LogP contribution < -0.4 is 9.47 Å². The summed E-state index contributed by atoms with van der Waals surface area (Å²) < 4.78 is 35.3. The molecule has 110 valence electrons. The molecule has 6 heteroatoms. The molecular formula is C16H11NO4S. The average molecular weight is 313 g/mol. The number of benzene rings is 2. The van der Waals surface area contributed by atoms with Gasteiger partial charge in [-0.2, -0.15) is 5.26 Å². The van der Waals surface area contributed by atoms with Crippen molar-refractivity contribution in [3.63, 3.8) is 0 Å². The summed E-state index contributed by atoms with van der Waals surface area (Å²) in [7, 11) is -3.84. The number of sulfone groups is 1. The van der Waals surface area contributed by atoms with Crippen LogP contribution in [-0.2, 0) is 9.84 Å². The van der Waals surface area contributed by atoms with Crippen molar-refractivity contribution < 1.29 is 17.9 Å². The third-order valence-electron chi connectivity index (χ3n) is 3.15. The van der Waals surface area contributed by atoms with Crippen molar-refractivity contribution in [3.05, 3.63) is 59.0 Å². The third-order valence-corrected chi connectivity index (χ3v) is 4.83. The summed E-state index contributed by atoms with van der Waals surface area (Å²) in [5.74, 6) is 1.13. The first-order valence-corrected chi connectivity index (χ1v) is 7.91. The summed E-state index contributed by atoms with van der Waals surface area (Å²) in [5.41, 5.74) is 0.556. The molecule has 22 heavy (non-hydrogen) atoms. The van der Waals surface area contributed by atoms with Crippen molar-refractivity contribution in [2.45, 2.75) is 4.90 Å². The van der Waals surface area contributed by atoms with E-state index < -0.39 is 9.84 Å². The van der Waals surface area contributed by atoms with E-state index in [-0.39, 0.29) is 16.6 Å². The SMILES string of the molecule is N#C/C(=C\c1ccc2c(c1)OCO2)S(=O)(=O)c1ccccc1. The molecule has 0 atom stereocenters. The molecule has 1 aliphatic heterocycles. The number of rotatable bonds is 3. The van der Waals surface area contributed by atoms with E-state index in [9.17, 15) is 13.7 Å². The Morgan fingerprint density at radius 3 is 2.55 bits per heavy atom. The number of hydrogen-bond donors (Lipinski definition) is 0. The number of allylic oxidation sites excluding steroid dienone is 1. The Morgan fingerprint density at radius 1 is 1.09 bits per heavy atom. The van der Waals surface area contributed by atoms with Crippen LogP contribution in [0.4, 0.5) is 0 Å². The van der Waals surface area contributed by atoms with Gasteiger partial charge in [-0.15, -0.1) is 0 Å². The molecule has 0 bridgehead atoms. The first kappa shape index (κ1) is 14.2. The number of hydrogen-bond acceptors (Lipinski definition) is 5. The Bertz CT molecular complexity index is 880. The number of nitriles is 1. The van der Waals surface area contributed by atoms with Crippen LogP contribution in [0.1, 0.15) is 5.56 Å². The smallest absolute Gasteiger partial charge is 0.231 e. The maximum absolute atomic E-state index is 12.5. The van der Waals surface area contributed by atoms with E-state index in [0.29, 0.717) is 17.1 Å². The zero-order chi connectivity index (χ0) is 15.6. The van der Waals surface area contributed by atoms with Gasteiger partial charge in [-0.25, -0.2) is 8.42 Å². The minimum Gasteiger partial charge on any atom is -0.454 e. The average Bonchev–Trinajstić information content (AvgIpc) is 3.01. The fourth-order valence-corrected chi connectivity index (χ4v) is 3.23. The number of fused-ring (bicyclic) bond motifs is 1. The second kappa shape index (κ2) is 5.54. The van der Waals surface area contributed by atoms with Gasteiger partial charge in [-0.3, -0.25) is 0 Å². The van der Waals surface area contributed by atoms with E-state index in [1.807, 2.05) is 0 Å². The molecule has 1 aliphatic rings. The molecule has 0 spiro atoms. The molecule has 0 amide bonds. The predicted molar refractivity (Wildman–Crippen MR) is 79.8 cm³/mol. The molecular weight excluding hydrogens is 302 g/mol. The Labute approximate surface area is 127 Å². The summed E-state index contributed by atoms with van der Waals surface area (Å²) in [6, 6.07) is 14.6. The second-order valence-corrected chi connectivity index (χ2v) is 6.47. The summed E-state index contributed by atoms with van der Waals surface area (Å²) in [5, 5.41) is 9.22. The Morgan fingerprint density at radius 2 is 1.82 bits per heavy atom. The number of nitrogens with zero attached hydrogens (tertiary/aromatic N) is 1. The zero-order valence-electron chi connectivity index (χ0n) is 11.4. The highest BCUT2D eigenvalue weighted by Gasteiger charge is 2.21. The first-order chi connectivity index (χ1) is 10.6. The molecule has 0 aliphatic carbocycles. The normalized spacial score (nSPS) is 13.7. The Kier molecular flexibility index (Phi) is 3.57. The first-order valence-electron chi connectivity index (χ1n) is 6.43. The van der Waals surface area contributed by atoms with Crippen LogP contribution in [0.15, 0.2) is 58.3 Å². The minimum atomic E-state index is -3.84. The van der Waals surface area contributed by atoms with Gasteiger partial charge in [0, 0.05) is 0 Å². The lowest BCUT2D eigenvalue weighted by Gasteiger charge is -2.03. The predicted octanol–water partition coefficient (Wildman–Crippen LogP) is 2.75. The van der Waals surface area contributed by atoms with E-state index in [1.54, 1.807) is 42.5 Å². The maximum Gasteiger partial charge on any atom is 0.231 e. The van der Waals surface area contributed by atoms with E-state index >= 15 is 0 Å². The quantitative estimate of drug-likeness (QED) is 0.814. The van der Waals surface area contributed by atoms with Crippen LogP contribution in [0.2, 0.25) is 0 Å². The van der Waals surface area contributed by atoms with Crippen LogP contribution in [0.25, 0.3) is 6.08 Å². The largest absolute Gasteiger partial charge is 0.454 e. The van der Waals surface area contributed by atoms with Gasteiger partial charge in [0.2, 0.25) is 16.6 Å². The highest BCUT2D eigenvalue weighted by atomic mass is 32.2. The standard InChI is InChI=1S/C16H11NO4S/c17-10-14(22(18,19)13-4-2-1-3-5-13)8-12-6-7-15-16(9-12)21-11-20-15/h1-9H,11H2/b14-8+. The van der Waals surface area contributed by atoms with Crippen LogP contribution in [-0.4, -0.2) is 15.2 Å². The van der Waals surface area contributed by atoms with Crippen molar-refractivity contribution in [3.8, 4) is 17.6 Å². The van der Waals surface area contributed by atoms with Gasteiger partial charge in [0.25, 0.3) is 0 Å². The van der Waals surface area contributed by atoms with Gasteiger partial charge in [0.15, 0.2) is 11.5 Å². The third kappa shape index (κ3) is 2.54. The lowest BCUT2D eigenvalue weighted by molar-refractivity contribution is 0.174. The van der Waals surface area contributed by atoms with Crippen molar-refractivity contribution in [1.82, 2.24) is 0 Å². The molecule has 0 fully saturated rings. The van der Waals surface area contributed by atoms with Crippen LogP contribution in [0.5, 0.6) is 11.5 Å². The Balaban J connectivity index is 2.03. The molecule has 3 rings (SSSR count). The van der Waals surface area contributed by atoms with Crippen molar-refractivity contribution >= 4 is 15.9 Å². The van der Waals surface area contributed by atoms with E-state index in [2.05, 4.69) is 0 Å². The molecule has 0 N–H and O–H groups in total. The van der Waals surface area contributed by atoms with Gasteiger partial charge >= 0.3 is 0 Å². The molecule has 0 aromatic heterocycles. The maximum atomic E-state index is 12.5. The van der Waals surface area contributed by atoms with Crippen LogP contribution >= 0.6 is 0 Å². The molecule has 0 unspecified atom stereocenters. The molecule has 0 radical (unpaired) electrons. The molecule has 1 heterocycles.